The second-order valence-corrected chi connectivity index (χ2v) is 5.53. The quantitative estimate of drug-likeness (QED) is 0.939. The molecule has 1 aliphatic heterocycles. The molecule has 2 aliphatic rings. The van der Waals surface area contributed by atoms with Gasteiger partial charge in [-0.3, -0.25) is 4.79 Å². The third kappa shape index (κ3) is 1.87. The van der Waals surface area contributed by atoms with Gasteiger partial charge in [0.15, 0.2) is 11.5 Å². The summed E-state index contributed by atoms with van der Waals surface area (Å²) in [6.07, 6.45) is 1.46. The first-order valence-corrected chi connectivity index (χ1v) is 6.93. The van der Waals surface area contributed by atoms with Crippen molar-refractivity contribution in [1.29, 1.82) is 0 Å². The van der Waals surface area contributed by atoms with Gasteiger partial charge in [-0.1, -0.05) is 30.3 Å². The van der Waals surface area contributed by atoms with Crippen LogP contribution in [0.25, 0.3) is 11.1 Å². The van der Waals surface area contributed by atoms with E-state index in [1.54, 1.807) is 0 Å². The van der Waals surface area contributed by atoms with Gasteiger partial charge in [0.1, 0.15) is 0 Å². The summed E-state index contributed by atoms with van der Waals surface area (Å²) in [6, 6.07) is 13.6. The lowest BCUT2D eigenvalue weighted by atomic mass is 9.94. The van der Waals surface area contributed by atoms with Crippen LogP contribution in [0.5, 0.6) is 11.5 Å². The van der Waals surface area contributed by atoms with Crippen molar-refractivity contribution >= 4 is 5.97 Å². The molecule has 106 valence electrons. The van der Waals surface area contributed by atoms with Crippen LogP contribution in [0.1, 0.15) is 18.4 Å². The molecule has 0 aromatic heterocycles. The Kier molecular flexibility index (Phi) is 2.48. The van der Waals surface area contributed by atoms with Gasteiger partial charge in [0.05, 0.1) is 5.41 Å². The van der Waals surface area contributed by atoms with E-state index in [2.05, 4.69) is 0 Å². The standard InChI is InChI=1S/C17H14O4/c18-16(19)17(7-8-17)13-4-1-11(2-5-13)12-3-6-14-15(9-12)21-10-20-14/h1-6,9H,7-8,10H2,(H,18,19). The average Bonchev–Trinajstić information content (AvgIpc) is 3.19. The normalized spacial score (nSPS) is 17.5. The zero-order valence-corrected chi connectivity index (χ0v) is 11.3. The zero-order valence-electron chi connectivity index (χ0n) is 11.3. The monoisotopic (exact) mass is 282 g/mol. The Morgan fingerprint density at radius 2 is 1.62 bits per heavy atom. The first kappa shape index (κ1) is 12.3. The Morgan fingerprint density at radius 3 is 2.29 bits per heavy atom. The summed E-state index contributed by atoms with van der Waals surface area (Å²) in [4.78, 5) is 11.3. The predicted octanol–water partition coefficient (Wildman–Crippen LogP) is 3.20. The van der Waals surface area contributed by atoms with Crippen LogP contribution in [0.2, 0.25) is 0 Å². The van der Waals surface area contributed by atoms with E-state index in [9.17, 15) is 9.90 Å². The molecule has 1 saturated carbocycles. The maximum absolute atomic E-state index is 11.3. The minimum atomic E-state index is -0.724. The summed E-state index contributed by atoms with van der Waals surface area (Å²) < 4.78 is 10.7. The van der Waals surface area contributed by atoms with E-state index >= 15 is 0 Å². The van der Waals surface area contributed by atoms with Crippen LogP contribution < -0.4 is 9.47 Å². The molecule has 0 atom stereocenters. The largest absolute Gasteiger partial charge is 0.481 e. The lowest BCUT2D eigenvalue weighted by molar-refractivity contribution is -0.140. The number of fused-ring (bicyclic) bond motifs is 1. The average molecular weight is 282 g/mol. The van der Waals surface area contributed by atoms with Crippen LogP contribution in [-0.2, 0) is 10.2 Å². The molecule has 2 aromatic carbocycles. The van der Waals surface area contributed by atoms with E-state index in [0.717, 1.165) is 41.0 Å². The van der Waals surface area contributed by atoms with E-state index < -0.39 is 11.4 Å². The molecule has 2 aromatic rings. The number of carbonyl (C=O) groups is 1. The number of rotatable bonds is 3. The molecule has 0 radical (unpaired) electrons. The molecule has 1 fully saturated rings. The smallest absolute Gasteiger partial charge is 0.314 e. The molecule has 0 amide bonds. The number of hydrogen-bond acceptors (Lipinski definition) is 3. The van der Waals surface area contributed by atoms with E-state index in [1.165, 1.54) is 0 Å². The van der Waals surface area contributed by atoms with Crippen molar-refractivity contribution in [3.8, 4) is 22.6 Å². The summed E-state index contributed by atoms with van der Waals surface area (Å²) >= 11 is 0. The molecule has 0 saturated heterocycles. The molecule has 1 heterocycles. The molecule has 4 nitrogen and oxygen atoms in total. The number of carboxylic acids is 1. The van der Waals surface area contributed by atoms with Gasteiger partial charge >= 0.3 is 5.97 Å². The lowest BCUT2D eigenvalue weighted by Crippen LogP contribution is -2.19. The first-order valence-electron chi connectivity index (χ1n) is 6.93. The topological polar surface area (TPSA) is 55.8 Å². The third-order valence-electron chi connectivity index (χ3n) is 4.30. The Balaban J connectivity index is 1.66. The highest BCUT2D eigenvalue weighted by Crippen LogP contribution is 2.48. The van der Waals surface area contributed by atoms with Gasteiger partial charge < -0.3 is 14.6 Å². The number of benzene rings is 2. The van der Waals surface area contributed by atoms with Crippen LogP contribution in [-0.4, -0.2) is 17.9 Å². The van der Waals surface area contributed by atoms with Gasteiger partial charge in [-0.2, -0.15) is 0 Å². The van der Waals surface area contributed by atoms with Gasteiger partial charge in [-0.05, 0) is 41.7 Å². The van der Waals surface area contributed by atoms with Gasteiger partial charge in [0, 0.05) is 0 Å². The third-order valence-corrected chi connectivity index (χ3v) is 4.30. The molecule has 21 heavy (non-hydrogen) atoms. The van der Waals surface area contributed by atoms with Crippen molar-refractivity contribution in [2.24, 2.45) is 0 Å². The maximum atomic E-state index is 11.3. The molecule has 4 rings (SSSR count). The molecule has 0 bridgehead atoms. The molecule has 0 spiro atoms. The summed E-state index contributed by atoms with van der Waals surface area (Å²) in [5, 5.41) is 9.32. The second kappa shape index (κ2) is 4.25. The van der Waals surface area contributed by atoms with Gasteiger partial charge in [-0.15, -0.1) is 0 Å². The van der Waals surface area contributed by atoms with E-state index in [1.807, 2.05) is 42.5 Å². The molecular formula is C17H14O4. The molecular weight excluding hydrogens is 268 g/mol. The van der Waals surface area contributed by atoms with Crippen molar-refractivity contribution in [3.05, 3.63) is 48.0 Å². The van der Waals surface area contributed by atoms with Crippen molar-refractivity contribution in [3.63, 3.8) is 0 Å². The summed E-state index contributed by atoms with van der Waals surface area (Å²) in [5.41, 5.74) is 2.32. The van der Waals surface area contributed by atoms with Crippen LogP contribution in [0.4, 0.5) is 0 Å². The molecule has 1 N–H and O–H groups in total. The van der Waals surface area contributed by atoms with Gasteiger partial charge in [-0.25, -0.2) is 0 Å². The van der Waals surface area contributed by atoms with Gasteiger partial charge in [0.2, 0.25) is 6.79 Å². The highest BCUT2D eigenvalue weighted by Gasteiger charge is 2.51. The van der Waals surface area contributed by atoms with Gasteiger partial charge in [0.25, 0.3) is 0 Å². The fourth-order valence-electron chi connectivity index (χ4n) is 2.81. The van der Waals surface area contributed by atoms with Crippen LogP contribution in [0.15, 0.2) is 42.5 Å². The Labute approximate surface area is 121 Å². The van der Waals surface area contributed by atoms with Crippen LogP contribution in [0.3, 0.4) is 0 Å². The first-order chi connectivity index (χ1) is 10.2. The number of ether oxygens (including phenoxy) is 2. The van der Waals surface area contributed by atoms with Crippen LogP contribution >= 0.6 is 0 Å². The Bertz CT molecular complexity index is 714. The van der Waals surface area contributed by atoms with Crippen molar-refractivity contribution in [2.45, 2.75) is 18.3 Å². The second-order valence-electron chi connectivity index (χ2n) is 5.53. The number of aliphatic carboxylic acids is 1. The fraction of sp³-hybridized carbons (Fsp3) is 0.235. The van der Waals surface area contributed by atoms with E-state index in [-0.39, 0.29) is 6.79 Å². The summed E-state index contributed by atoms with van der Waals surface area (Å²) in [7, 11) is 0. The van der Waals surface area contributed by atoms with E-state index in [0.29, 0.717) is 0 Å². The predicted molar refractivity (Wildman–Crippen MR) is 76.5 cm³/mol. The molecule has 1 aliphatic carbocycles. The Hall–Kier alpha value is -2.49. The van der Waals surface area contributed by atoms with Crippen molar-refractivity contribution < 1.29 is 19.4 Å². The highest BCUT2D eigenvalue weighted by atomic mass is 16.7. The lowest BCUT2D eigenvalue weighted by Gasteiger charge is -2.11. The number of hydrogen-bond donors (Lipinski definition) is 1. The molecule has 4 heteroatoms. The zero-order chi connectivity index (χ0) is 14.4. The Morgan fingerprint density at radius 1 is 0.952 bits per heavy atom. The van der Waals surface area contributed by atoms with Crippen molar-refractivity contribution in [1.82, 2.24) is 0 Å². The van der Waals surface area contributed by atoms with Crippen LogP contribution in [0, 0.1) is 0 Å². The number of carboxylic acid groups (broad SMARTS) is 1. The minimum absolute atomic E-state index is 0.263. The molecule has 0 unspecified atom stereocenters. The highest BCUT2D eigenvalue weighted by molar-refractivity contribution is 5.85. The van der Waals surface area contributed by atoms with E-state index in [4.69, 9.17) is 9.47 Å². The minimum Gasteiger partial charge on any atom is -0.481 e. The SMILES string of the molecule is O=C(O)C1(c2ccc(-c3ccc4c(c3)OCO4)cc2)CC1. The summed E-state index contributed by atoms with van der Waals surface area (Å²) in [6.45, 7) is 0.263. The maximum Gasteiger partial charge on any atom is 0.314 e. The fourth-order valence-corrected chi connectivity index (χ4v) is 2.81. The van der Waals surface area contributed by atoms with Crippen molar-refractivity contribution in [2.75, 3.05) is 6.79 Å². The summed E-state index contributed by atoms with van der Waals surface area (Å²) in [5.74, 6) is 0.789.